The lowest BCUT2D eigenvalue weighted by Crippen LogP contribution is -2.00. The zero-order chi connectivity index (χ0) is 14.3. The number of ketones is 1. The summed E-state index contributed by atoms with van der Waals surface area (Å²) in [5.41, 5.74) is 0.998. The van der Waals surface area contributed by atoms with E-state index in [-0.39, 0.29) is 11.5 Å². The molecule has 3 N–H and O–H groups in total. The van der Waals surface area contributed by atoms with Crippen molar-refractivity contribution in [1.82, 2.24) is 0 Å². The molecule has 0 fully saturated rings. The Bertz CT molecular complexity index is 553. The van der Waals surface area contributed by atoms with Gasteiger partial charge in [-0.25, -0.2) is 5.90 Å². The molecule has 0 amide bonds. The molecule has 0 bridgehead atoms. The molecule has 2 aromatic carbocycles. The Hall–Kier alpha value is -2.57. The molecule has 0 aliphatic carbocycles. The van der Waals surface area contributed by atoms with Gasteiger partial charge in [0.2, 0.25) is 0 Å². The lowest BCUT2D eigenvalue weighted by Gasteiger charge is -2.00. The third kappa shape index (κ3) is 3.70. The Labute approximate surface area is 109 Å². The molecule has 6 nitrogen and oxygen atoms in total. The third-order valence-corrected chi connectivity index (χ3v) is 2.38. The molecular weight excluding hydrogens is 248 g/mol. The fourth-order valence-electron chi connectivity index (χ4n) is 1.49. The van der Waals surface area contributed by atoms with Gasteiger partial charge in [0.25, 0.3) is 5.69 Å². The number of nitrogens with two attached hydrogens (primary N) is 1. The van der Waals surface area contributed by atoms with Crippen molar-refractivity contribution >= 4 is 11.5 Å². The summed E-state index contributed by atoms with van der Waals surface area (Å²) in [7, 11) is 0. The van der Waals surface area contributed by atoms with Crippen LogP contribution < -0.4 is 5.90 Å². The Kier molecular flexibility index (Phi) is 5.34. The summed E-state index contributed by atoms with van der Waals surface area (Å²) in [5.74, 6) is 3.36. The highest BCUT2D eigenvalue weighted by molar-refractivity contribution is 6.09. The molecular formula is C13H12N2O4. The minimum Gasteiger partial charge on any atom is -0.320 e. The van der Waals surface area contributed by atoms with E-state index in [9.17, 15) is 14.9 Å². The van der Waals surface area contributed by atoms with Crippen LogP contribution in [0.25, 0.3) is 0 Å². The molecule has 0 saturated heterocycles. The molecule has 0 heterocycles. The first-order valence-electron chi connectivity index (χ1n) is 5.28. The molecule has 0 radical (unpaired) electrons. The number of nitro benzene ring substituents is 1. The molecule has 0 unspecified atom stereocenters. The highest BCUT2D eigenvalue weighted by Gasteiger charge is 2.10. The van der Waals surface area contributed by atoms with Crippen molar-refractivity contribution in [1.29, 1.82) is 0 Å². The van der Waals surface area contributed by atoms with E-state index in [1.165, 1.54) is 24.3 Å². The van der Waals surface area contributed by atoms with Crippen LogP contribution in [-0.2, 0) is 0 Å². The second-order valence-electron chi connectivity index (χ2n) is 3.50. The van der Waals surface area contributed by atoms with Crippen molar-refractivity contribution in [3.63, 3.8) is 0 Å². The maximum atomic E-state index is 12.0. The largest absolute Gasteiger partial charge is 0.320 e. The second kappa shape index (κ2) is 7.00. The first-order valence-corrected chi connectivity index (χ1v) is 5.28. The molecule has 2 aromatic rings. The monoisotopic (exact) mass is 260 g/mol. The fraction of sp³-hybridized carbons (Fsp3) is 0. The van der Waals surface area contributed by atoms with E-state index in [0.29, 0.717) is 11.1 Å². The molecule has 98 valence electrons. The van der Waals surface area contributed by atoms with E-state index in [1.807, 2.05) is 6.07 Å². The van der Waals surface area contributed by atoms with Gasteiger partial charge in [-0.05, 0) is 12.1 Å². The van der Waals surface area contributed by atoms with Gasteiger partial charge in [0.1, 0.15) is 0 Å². The van der Waals surface area contributed by atoms with E-state index in [2.05, 4.69) is 5.90 Å². The number of carbonyl (C=O) groups is 1. The van der Waals surface area contributed by atoms with Gasteiger partial charge in [0.15, 0.2) is 5.78 Å². The average Bonchev–Trinajstić information content (AvgIpc) is 2.49. The maximum Gasteiger partial charge on any atom is 0.269 e. The number of benzene rings is 2. The molecule has 19 heavy (non-hydrogen) atoms. The molecule has 0 atom stereocenters. The first kappa shape index (κ1) is 14.5. The average molecular weight is 260 g/mol. The summed E-state index contributed by atoms with van der Waals surface area (Å²) >= 11 is 0. The molecule has 0 saturated carbocycles. The van der Waals surface area contributed by atoms with Crippen LogP contribution in [0.5, 0.6) is 0 Å². The molecule has 0 aromatic heterocycles. The van der Waals surface area contributed by atoms with Crippen LogP contribution in [0.4, 0.5) is 5.69 Å². The molecule has 0 spiro atoms. The van der Waals surface area contributed by atoms with E-state index in [1.54, 1.807) is 24.3 Å². The smallest absolute Gasteiger partial charge is 0.269 e. The number of non-ortho nitro benzene ring substituents is 1. The molecule has 0 aliphatic heterocycles. The zero-order valence-corrected chi connectivity index (χ0v) is 9.89. The van der Waals surface area contributed by atoms with Crippen molar-refractivity contribution in [2.45, 2.75) is 0 Å². The number of hydrogen-bond acceptors (Lipinski definition) is 5. The number of nitro groups is 1. The van der Waals surface area contributed by atoms with Gasteiger partial charge in [-0.2, -0.15) is 0 Å². The van der Waals surface area contributed by atoms with Crippen LogP contribution in [-0.4, -0.2) is 15.9 Å². The van der Waals surface area contributed by atoms with E-state index >= 15 is 0 Å². The maximum absolute atomic E-state index is 12.0. The minimum atomic E-state index is -0.489. The van der Waals surface area contributed by atoms with Crippen molar-refractivity contribution < 1.29 is 14.9 Å². The summed E-state index contributed by atoms with van der Waals surface area (Å²) in [5, 5.41) is 17.0. The van der Waals surface area contributed by atoms with Gasteiger partial charge in [-0.1, -0.05) is 30.3 Å². The Morgan fingerprint density at radius 3 is 1.89 bits per heavy atom. The van der Waals surface area contributed by atoms with Gasteiger partial charge < -0.3 is 5.21 Å². The van der Waals surface area contributed by atoms with E-state index < -0.39 is 4.92 Å². The summed E-state index contributed by atoms with van der Waals surface area (Å²) in [4.78, 5) is 21.9. The lowest BCUT2D eigenvalue weighted by molar-refractivity contribution is -0.384. The van der Waals surface area contributed by atoms with Crippen LogP contribution in [0.3, 0.4) is 0 Å². The number of hydrogen-bond donors (Lipinski definition) is 2. The number of rotatable bonds is 3. The molecule has 2 rings (SSSR count). The van der Waals surface area contributed by atoms with E-state index in [0.717, 1.165) is 0 Å². The molecule has 0 aliphatic rings. The van der Waals surface area contributed by atoms with Crippen LogP contribution in [0.2, 0.25) is 0 Å². The zero-order valence-electron chi connectivity index (χ0n) is 9.89. The van der Waals surface area contributed by atoms with Crippen LogP contribution >= 0.6 is 0 Å². The van der Waals surface area contributed by atoms with Crippen molar-refractivity contribution in [3.05, 3.63) is 75.8 Å². The summed E-state index contributed by atoms with van der Waals surface area (Å²) in [6, 6.07) is 14.4. The minimum absolute atomic E-state index is 0.0189. The van der Waals surface area contributed by atoms with Crippen LogP contribution in [0.15, 0.2) is 54.6 Å². The Morgan fingerprint density at radius 2 is 1.42 bits per heavy atom. The quantitative estimate of drug-likeness (QED) is 0.499. The van der Waals surface area contributed by atoms with Gasteiger partial charge >= 0.3 is 0 Å². The Balaban J connectivity index is 0.000000861. The molecule has 6 heteroatoms. The van der Waals surface area contributed by atoms with Crippen LogP contribution in [0, 0.1) is 10.1 Å². The third-order valence-electron chi connectivity index (χ3n) is 2.38. The number of carbonyl (C=O) groups excluding carboxylic acids is 1. The van der Waals surface area contributed by atoms with Crippen molar-refractivity contribution in [3.8, 4) is 0 Å². The predicted octanol–water partition coefficient (Wildman–Crippen LogP) is 2.16. The predicted molar refractivity (Wildman–Crippen MR) is 68.9 cm³/mol. The van der Waals surface area contributed by atoms with Gasteiger partial charge in [-0.3, -0.25) is 14.9 Å². The Morgan fingerprint density at radius 1 is 0.947 bits per heavy atom. The van der Waals surface area contributed by atoms with Gasteiger partial charge in [0.05, 0.1) is 4.92 Å². The second-order valence-corrected chi connectivity index (χ2v) is 3.50. The summed E-state index contributed by atoms with van der Waals surface area (Å²) in [6.45, 7) is 0. The highest BCUT2D eigenvalue weighted by Crippen LogP contribution is 2.15. The topological polar surface area (TPSA) is 106 Å². The normalized spacial score (nSPS) is 9.16. The SMILES string of the molecule is NO.O=C(c1ccccc1)c1ccc([N+](=O)[O-])cc1. The number of nitrogens with zero attached hydrogens (tertiary/aromatic N) is 1. The highest BCUT2D eigenvalue weighted by atomic mass is 16.6. The van der Waals surface area contributed by atoms with Crippen molar-refractivity contribution in [2.24, 2.45) is 5.90 Å². The summed E-state index contributed by atoms with van der Waals surface area (Å²) in [6.07, 6.45) is 0. The van der Waals surface area contributed by atoms with Crippen molar-refractivity contribution in [2.75, 3.05) is 0 Å². The van der Waals surface area contributed by atoms with Crippen LogP contribution in [0.1, 0.15) is 15.9 Å². The summed E-state index contributed by atoms with van der Waals surface area (Å²) < 4.78 is 0. The standard InChI is InChI=1S/C13H9NO3.H3NO/c15-13(10-4-2-1-3-5-10)11-6-8-12(9-7-11)14(16)17;1-2/h1-9H;2H,1H2. The lowest BCUT2D eigenvalue weighted by atomic mass is 10.0. The fourth-order valence-corrected chi connectivity index (χ4v) is 1.49. The van der Waals surface area contributed by atoms with Gasteiger partial charge in [0, 0.05) is 23.3 Å². The first-order chi connectivity index (χ1) is 9.18. The van der Waals surface area contributed by atoms with E-state index in [4.69, 9.17) is 5.21 Å². The van der Waals surface area contributed by atoms with Gasteiger partial charge in [-0.15, -0.1) is 0 Å².